The van der Waals surface area contributed by atoms with Gasteiger partial charge in [-0.05, 0) is 42.2 Å². The number of carbonyl (C=O) groups excluding carboxylic acids is 1. The summed E-state index contributed by atoms with van der Waals surface area (Å²) in [5.74, 6) is 0.141. The van der Waals surface area contributed by atoms with Crippen LogP contribution in [0.25, 0.3) is 0 Å². The van der Waals surface area contributed by atoms with Gasteiger partial charge < -0.3 is 10.1 Å². The summed E-state index contributed by atoms with van der Waals surface area (Å²) in [6, 6.07) is 8.77. The van der Waals surface area contributed by atoms with Crippen LogP contribution in [-0.4, -0.2) is 25.2 Å². The third-order valence-electron chi connectivity index (χ3n) is 4.24. The second kappa shape index (κ2) is 7.77. The zero-order valence-corrected chi connectivity index (χ0v) is 14.2. The van der Waals surface area contributed by atoms with Gasteiger partial charge in [0, 0.05) is 19.6 Å². The van der Waals surface area contributed by atoms with Gasteiger partial charge >= 0.3 is 0 Å². The molecule has 0 saturated carbocycles. The van der Waals surface area contributed by atoms with Crippen molar-refractivity contribution in [2.75, 3.05) is 13.2 Å². The van der Waals surface area contributed by atoms with Gasteiger partial charge in [-0.2, -0.15) is 0 Å². The van der Waals surface area contributed by atoms with Gasteiger partial charge in [-0.3, -0.25) is 4.79 Å². The maximum Gasteiger partial charge on any atom is 0.220 e. The topological polar surface area (TPSA) is 38.3 Å². The Bertz CT molecular complexity index is 467. The quantitative estimate of drug-likeness (QED) is 0.872. The maximum absolute atomic E-state index is 11.8. The van der Waals surface area contributed by atoms with Crippen molar-refractivity contribution in [3.05, 3.63) is 35.4 Å². The molecule has 1 saturated heterocycles. The van der Waals surface area contributed by atoms with Crippen LogP contribution < -0.4 is 5.32 Å². The lowest BCUT2D eigenvalue weighted by Gasteiger charge is -2.19. The average molecular weight is 303 g/mol. The van der Waals surface area contributed by atoms with Crippen LogP contribution in [0.1, 0.15) is 57.6 Å². The molecule has 1 aromatic carbocycles. The van der Waals surface area contributed by atoms with Gasteiger partial charge in [0.1, 0.15) is 0 Å². The lowest BCUT2D eigenvalue weighted by atomic mass is 9.86. The average Bonchev–Trinajstić information content (AvgIpc) is 2.98. The summed E-state index contributed by atoms with van der Waals surface area (Å²) >= 11 is 0. The zero-order chi connectivity index (χ0) is 16.0. The van der Waals surface area contributed by atoms with E-state index in [0.29, 0.717) is 13.0 Å². The zero-order valence-electron chi connectivity index (χ0n) is 14.2. The molecular weight excluding hydrogens is 274 g/mol. The number of aryl methyl sites for hydroxylation is 1. The molecule has 1 N–H and O–H groups in total. The van der Waals surface area contributed by atoms with Crippen molar-refractivity contribution < 1.29 is 9.53 Å². The van der Waals surface area contributed by atoms with Crippen LogP contribution in [0, 0.1) is 0 Å². The first-order chi connectivity index (χ1) is 10.4. The fourth-order valence-electron chi connectivity index (χ4n) is 2.75. The van der Waals surface area contributed by atoms with Crippen molar-refractivity contribution >= 4 is 5.91 Å². The molecule has 1 aliphatic heterocycles. The summed E-state index contributed by atoms with van der Waals surface area (Å²) in [5, 5.41) is 2.98. The van der Waals surface area contributed by atoms with Crippen LogP contribution in [0.5, 0.6) is 0 Å². The molecule has 0 spiro atoms. The molecule has 1 aliphatic rings. The summed E-state index contributed by atoms with van der Waals surface area (Å²) in [6.45, 7) is 8.17. The summed E-state index contributed by atoms with van der Waals surface area (Å²) in [7, 11) is 0. The summed E-state index contributed by atoms with van der Waals surface area (Å²) in [5.41, 5.74) is 2.85. The van der Waals surface area contributed by atoms with Gasteiger partial charge in [-0.1, -0.05) is 45.0 Å². The highest BCUT2D eigenvalue weighted by Gasteiger charge is 2.16. The number of benzene rings is 1. The molecule has 0 radical (unpaired) electrons. The monoisotopic (exact) mass is 303 g/mol. The van der Waals surface area contributed by atoms with Crippen molar-refractivity contribution in [2.45, 2.75) is 64.4 Å². The van der Waals surface area contributed by atoms with E-state index in [1.54, 1.807) is 0 Å². The molecule has 3 heteroatoms. The highest BCUT2D eigenvalue weighted by molar-refractivity contribution is 5.75. The molecule has 2 rings (SSSR count). The maximum atomic E-state index is 11.8. The number of nitrogens with one attached hydrogen (secondary N) is 1. The number of amides is 1. The van der Waals surface area contributed by atoms with E-state index in [1.165, 1.54) is 11.1 Å². The minimum absolute atomic E-state index is 0.141. The predicted molar refractivity (Wildman–Crippen MR) is 90.1 cm³/mol. The Morgan fingerprint density at radius 2 is 2.00 bits per heavy atom. The van der Waals surface area contributed by atoms with Gasteiger partial charge in [-0.15, -0.1) is 0 Å². The third-order valence-corrected chi connectivity index (χ3v) is 4.24. The fourth-order valence-corrected chi connectivity index (χ4v) is 2.75. The Morgan fingerprint density at radius 1 is 1.27 bits per heavy atom. The standard InChI is InChI=1S/C19H29NO2/c1-19(2,3)16-11-9-15(10-12-16)6-4-8-18(21)20-14-17-7-5-13-22-17/h9-12,17H,4-8,13-14H2,1-3H3,(H,20,21). The van der Waals surface area contributed by atoms with Gasteiger partial charge in [0.25, 0.3) is 0 Å². The van der Waals surface area contributed by atoms with Crippen LogP contribution in [-0.2, 0) is 21.4 Å². The van der Waals surface area contributed by atoms with Crippen molar-refractivity contribution in [3.8, 4) is 0 Å². The van der Waals surface area contributed by atoms with E-state index in [0.717, 1.165) is 32.3 Å². The van der Waals surface area contributed by atoms with E-state index in [2.05, 4.69) is 50.4 Å². The summed E-state index contributed by atoms with van der Waals surface area (Å²) in [6.07, 6.45) is 4.86. The van der Waals surface area contributed by atoms with Crippen LogP contribution in [0.3, 0.4) is 0 Å². The highest BCUT2D eigenvalue weighted by Crippen LogP contribution is 2.22. The number of hydrogen-bond donors (Lipinski definition) is 1. The Balaban J connectivity index is 1.66. The smallest absolute Gasteiger partial charge is 0.220 e. The number of ether oxygens (including phenoxy) is 1. The number of rotatable bonds is 6. The second-order valence-corrected chi connectivity index (χ2v) is 7.24. The van der Waals surface area contributed by atoms with E-state index in [1.807, 2.05) is 0 Å². The molecule has 1 fully saturated rings. The SMILES string of the molecule is CC(C)(C)c1ccc(CCCC(=O)NCC2CCCO2)cc1. The molecule has 1 heterocycles. The molecule has 122 valence electrons. The van der Waals surface area contributed by atoms with Crippen LogP contribution in [0.4, 0.5) is 0 Å². The first-order valence-corrected chi connectivity index (χ1v) is 8.43. The Hall–Kier alpha value is -1.35. The highest BCUT2D eigenvalue weighted by atomic mass is 16.5. The largest absolute Gasteiger partial charge is 0.376 e. The fraction of sp³-hybridized carbons (Fsp3) is 0.632. The van der Waals surface area contributed by atoms with E-state index >= 15 is 0 Å². The summed E-state index contributed by atoms with van der Waals surface area (Å²) < 4.78 is 5.50. The van der Waals surface area contributed by atoms with Gasteiger partial charge in [0.2, 0.25) is 5.91 Å². The summed E-state index contributed by atoms with van der Waals surface area (Å²) in [4.78, 5) is 11.8. The molecule has 22 heavy (non-hydrogen) atoms. The molecule has 0 bridgehead atoms. The molecule has 0 aromatic heterocycles. The molecule has 3 nitrogen and oxygen atoms in total. The van der Waals surface area contributed by atoms with E-state index in [-0.39, 0.29) is 17.4 Å². The van der Waals surface area contributed by atoms with Gasteiger partial charge in [0.15, 0.2) is 0 Å². The molecule has 1 unspecified atom stereocenters. The first kappa shape index (κ1) is 17.0. The van der Waals surface area contributed by atoms with Gasteiger partial charge in [0.05, 0.1) is 6.10 Å². The van der Waals surface area contributed by atoms with E-state index < -0.39 is 0 Å². The Labute approximate surface area is 134 Å². The second-order valence-electron chi connectivity index (χ2n) is 7.24. The van der Waals surface area contributed by atoms with Crippen molar-refractivity contribution in [2.24, 2.45) is 0 Å². The Morgan fingerprint density at radius 3 is 2.59 bits per heavy atom. The number of hydrogen-bond acceptors (Lipinski definition) is 2. The lowest BCUT2D eigenvalue weighted by Crippen LogP contribution is -2.31. The lowest BCUT2D eigenvalue weighted by molar-refractivity contribution is -0.121. The number of carbonyl (C=O) groups is 1. The molecular formula is C19H29NO2. The molecule has 1 aromatic rings. The molecule has 1 atom stereocenters. The third kappa shape index (κ3) is 5.45. The van der Waals surface area contributed by atoms with Crippen molar-refractivity contribution in [3.63, 3.8) is 0 Å². The predicted octanol–water partition coefficient (Wildman–Crippen LogP) is 3.60. The van der Waals surface area contributed by atoms with E-state index in [4.69, 9.17) is 4.74 Å². The minimum atomic E-state index is 0.141. The van der Waals surface area contributed by atoms with Crippen LogP contribution in [0.2, 0.25) is 0 Å². The minimum Gasteiger partial charge on any atom is -0.376 e. The van der Waals surface area contributed by atoms with Crippen LogP contribution in [0.15, 0.2) is 24.3 Å². The van der Waals surface area contributed by atoms with Crippen molar-refractivity contribution in [1.29, 1.82) is 0 Å². The van der Waals surface area contributed by atoms with Gasteiger partial charge in [-0.25, -0.2) is 0 Å². The van der Waals surface area contributed by atoms with Crippen LogP contribution >= 0.6 is 0 Å². The Kier molecular flexibility index (Phi) is 6.01. The molecule has 1 amide bonds. The molecule has 0 aliphatic carbocycles. The van der Waals surface area contributed by atoms with E-state index in [9.17, 15) is 4.79 Å². The van der Waals surface area contributed by atoms with Crippen molar-refractivity contribution in [1.82, 2.24) is 5.32 Å². The normalized spacial score (nSPS) is 18.4. The first-order valence-electron chi connectivity index (χ1n) is 8.43.